The maximum atomic E-state index is 5.94. The molecular weight excluding hydrogens is 262 g/mol. The fourth-order valence-corrected chi connectivity index (χ4v) is 2.96. The van der Waals surface area contributed by atoms with Crippen LogP contribution in [0.3, 0.4) is 0 Å². The molecule has 118 valence electrons. The molecule has 0 radical (unpaired) electrons. The Balaban J connectivity index is 2.01. The molecule has 21 heavy (non-hydrogen) atoms. The van der Waals surface area contributed by atoms with E-state index < -0.39 is 0 Å². The number of pyridine rings is 1. The van der Waals surface area contributed by atoms with Gasteiger partial charge in [0.2, 0.25) is 5.88 Å². The summed E-state index contributed by atoms with van der Waals surface area (Å²) in [4.78, 5) is 4.53. The molecule has 0 aliphatic heterocycles. The minimum atomic E-state index is 0.461. The number of nitrogens with zero attached hydrogens (tertiary/aromatic N) is 1. The van der Waals surface area contributed by atoms with E-state index >= 15 is 0 Å². The first-order valence-electron chi connectivity index (χ1n) is 8.11. The van der Waals surface area contributed by atoms with Gasteiger partial charge in [-0.05, 0) is 49.1 Å². The van der Waals surface area contributed by atoms with Crippen LogP contribution in [0.1, 0.15) is 47.0 Å². The van der Waals surface area contributed by atoms with Gasteiger partial charge in [-0.15, -0.1) is 0 Å². The first-order chi connectivity index (χ1) is 9.95. The van der Waals surface area contributed by atoms with Gasteiger partial charge >= 0.3 is 0 Å². The Labute approximate surface area is 128 Å². The predicted octanol–water partition coefficient (Wildman–Crippen LogP) is 3.94. The summed E-state index contributed by atoms with van der Waals surface area (Å²) in [5.41, 5.74) is 6.54. The van der Waals surface area contributed by atoms with Crippen molar-refractivity contribution in [2.75, 3.05) is 17.7 Å². The van der Waals surface area contributed by atoms with Crippen LogP contribution < -0.4 is 15.8 Å². The lowest BCUT2D eigenvalue weighted by atomic mass is 9.80. The molecule has 0 bridgehead atoms. The van der Waals surface area contributed by atoms with Crippen molar-refractivity contribution in [2.24, 2.45) is 17.8 Å². The van der Waals surface area contributed by atoms with Gasteiger partial charge in [0.15, 0.2) is 0 Å². The minimum Gasteiger partial charge on any atom is -0.476 e. The summed E-state index contributed by atoms with van der Waals surface area (Å²) < 4.78 is 5.70. The van der Waals surface area contributed by atoms with Gasteiger partial charge in [0.05, 0.1) is 12.3 Å². The molecule has 0 saturated heterocycles. The summed E-state index contributed by atoms with van der Waals surface area (Å²) in [6.45, 7) is 9.52. The Morgan fingerprint density at radius 1 is 1.33 bits per heavy atom. The average Bonchev–Trinajstić information content (AvgIpc) is 2.42. The van der Waals surface area contributed by atoms with Gasteiger partial charge in [0.25, 0.3) is 0 Å². The zero-order chi connectivity index (χ0) is 15.4. The van der Waals surface area contributed by atoms with E-state index in [9.17, 15) is 0 Å². The Kier molecular flexibility index (Phi) is 5.32. The van der Waals surface area contributed by atoms with Gasteiger partial charge in [-0.3, -0.25) is 0 Å². The molecular formula is C17H29N3O. The lowest BCUT2D eigenvalue weighted by Crippen LogP contribution is -2.33. The highest BCUT2D eigenvalue weighted by atomic mass is 16.5. The van der Waals surface area contributed by atoms with Crippen molar-refractivity contribution in [2.45, 2.75) is 53.0 Å². The number of hydrogen-bond acceptors (Lipinski definition) is 4. The molecule has 1 aliphatic carbocycles. The molecule has 3 unspecified atom stereocenters. The van der Waals surface area contributed by atoms with Crippen molar-refractivity contribution in [3.63, 3.8) is 0 Å². The highest BCUT2D eigenvalue weighted by molar-refractivity contribution is 5.53. The number of nitrogen functional groups attached to an aromatic ring is 1. The number of nitrogens with one attached hydrogen (secondary N) is 1. The summed E-state index contributed by atoms with van der Waals surface area (Å²) in [6, 6.07) is 4.32. The van der Waals surface area contributed by atoms with E-state index in [1.807, 2.05) is 12.1 Å². The second-order valence-electron chi connectivity index (χ2n) is 6.94. The molecule has 0 spiro atoms. The summed E-state index contributed by atoms with van der Waals surface area (Å²) in [5.74, 6) is 3.39. The van der Waals surface area contributed by atoms with E-state index in [-0.39, 0.29) is 0 Å². The fraction of sp³-hybridized carbons (Fsp3) is 0.706. The highest BCUT2D eigenvalue weighted by Gasteiger charge is 2.25. The van der Waals surface area contributed by atoms with Crippen LogP contribution in [0, 0.1) is 17.8 Å². The van der Waals surface area contributed by atoms with Crippen LogP contribution in [0.4, 0.5) is 11.5 Å². The molecule has 1 saturated carbocycles. The SMILES string of the molecule is CC(C)COc1nc(NC2CCC(C)CC2C)ccc1N. The summed E-state index contributed by atoms with van der Waals surface area (Å²) in [7, 11) is 0. The van der Waals surface area contributed by atoms with Crippen molar-refractivity contribution in [3.8, 4) is 5.88 Å². The maximum Gasteiger partial charge on any atom is 0.239 e. The topological polar surface area (TPSA) is 60.2 Å². The zero-order valence-corrected chi connectivity index (χ0v) is 13.7. The lowest BCUT2D eigenvalue weighted by molar-refractivity contribution is 0.262. The second kappa shape index (κ2) is 7.01. The van der Waals surface area contributed by atoms with Gasteiger partial charge < -0.3 is 15.8 Å². The third-order valence-electron chi connectivity index (χ3n) is 4.21. The summed E-state index contributed by atoms with van der Waals surface area (Å²) in [6.07, 6.45) is 3.77. The number of ether oxygens (including phenoxy) is 1. The minimum absolute atomic E-state index is 0.461. The van der Waals surface area contributed by atoms with Gasteiger partial charge in [-0.1, -0.05) is 27.7 Å². The van der Waals surface area contributed by atoms with Crippen LogP contribution in [0.2, 0.25) is 0 Å². The largest absolute Gasteiger partial charge is 0.476 e. The molecule has 3 N–H and O–H groups in total. The molecule has 1 fully saturated rings. The summed E-state index contributed by atoms with van der Waals surface area (Å²) >= 11 is 0. The number of hydrogen-bond donors (Lipinski definition) is 2. The Morgan fingerprint density at radius 3 is 2.76 bits per heavy atom. The quantitative estimate of drug-likeness (QED) is 0.862. The molecule has 2 rings (SSSR count). The third kappa shape index (κ3) is 4.51. The zero-order valence-electron chi connectivity index (χ0n) is 13.7. The number of aromatic nitrogens is 1. The van der Waals surface area contributed by atoms with Crippen LogP contribution in [-0.2, 0) is 0 Å². The van der Waals surface area contributed by atoms with E-state index in [2.05, 4.69) is 38.0 Å². The molecule has 4 heteroatoms. The third-order valence-corrected chi connectivity index (χ3v) is 4.21. The van der Waals surface area contributed by atoms with Crippen molar-refractivity contribution in [1.82, 2.24) is 4.98 Å². The molecule has 1 aliphatic rings. The highest BCUT2D eigenvalue weighted by Crippen LogP contribution is 2.31. The van der Waals surface area contributed by atoms with Crippen molar-refractivity contribution in [1.29, 1.82) is 0 Å². The smallest absolute Gasteiger partial charge is 0.239 e. The normalized spacial score (nSPS) is 25.9. The van der Waals surface area contributed by atoms with Gasteiger partial charge in [-0.2, -0.15) is 4.98 Å². The predicted molar refractivity (Wildman–Crippen MR) is 88.6 cm³/mol. The van der Waals surface area contributed by atoms with E-state index in [0.717, 1.165) is 11.7 Å². The van der Waals surface area contributed by atoms with Crippen LogP contribution in [0.5, 0.6) is 5.88 Å². The average molecular weight is 291 g/mol. The summed E-state index contributed by atoms with van der Waals surface area (Å²) in [5, 5.41) is 3.56. The van der Waals surface area contributed by atoms with Crippen LogP contribution in [-0.4, -0.2) is 17.6 Å². The monoisotopic (exact) mass is 291 g/mol. The number of nitrogens with two attached hydrogens (primary N) is 1. The first-order valence-corrected chi connectivity index (χ1v) is 8.11. The van der Waals surface area contributed by atoms with Crippen molar-refractivity contribution >= 4 is 11.5 Å². The number of anilines is 2. The van der Waals surface area contributed by atoms with E-state index in [0.29, 0.717) is 36.1 Å². The molecule has 0 aromatic carbocycles. The molecule has 1 aromatic rings. The van der Waals surface area contributed by atoms with Crippen LogP contribution >= 0.6 is 0 Å². The fourth-order valence-electron chi connectivity index (χ4n) is 2.96. The van der Waals surface area contributed by atoms with E-state index in [1.165, 1.54) is 19.3 Å². The Hall–Kier alpha value is -1.45. The van der Waals surface area contributed by atoms with E-state index in [1.54, 1.807) is 0 Å². The van der Waals surface area contributed by atoms with E-state index in [4.69, 9.17) is 10.5 Å². The maximum absolute atomic E-state index is 5.94. The molecule has 3 atom stereocenters. The van der Waals surface area contributed by atoms with Crippen LogP contribution in [0.25, 0.3) is 0 Å². The van der Waals surface area contributed by atoms with Gasteiger partial charge in [0.1, 0.15) is 5.82 Å². The standard InChI is InChI=1S/C17H29N3O/c1-11(2)10-21-17-14(18)6-8-16(20-17)19-15-7-5-12(3)9-13(15)4/h6,8,11-13,15H,5,7,9-10,18H2,1-4H3,(H,19,20). The molecule has 1 heterocycles. The van der Waals surface area contributed by atoms with Crippen molar-refractivity contribution < 1.29 is 4.74 Å². The second-order valence-corrected chi connectivity index (χ2v) is 6.94. The van der Waals surface area contributed by atoms with Gasteiger partial charge in [-0.25, -0.2) is 0 Å². The van der Waals surface area contributed by atoms with Gasteiger partial charge in [0, 0.05) is 6.04 Å². The first kappa shape index (κ1) is 15.9. The Bertz CT molecular complexity index is 461. The molecule has 1 aromatic heterocycles. The Morgan fingerprint density at radius 2 is 2.10 bits per heavy atom. The van der Waals surface area contributed by atoms with Crippen LogP contribution in [0.15, 0.2) is 12.1 Å². The molecule has 4 nitrogen and oxygen atoms in total. The molecule has 0 amide bonds. The van der Waals surface area contributed by atoms with Crippen molar-refractivity contribution in [3.05, 3.63) is 12.1 Å². The lowest BCUT2D eigenvalue weighted by Gasteiger charge is -2.33. The number of rotatable bonds is 5.